The summed E-state index contributed by atoms with van der Waals surface area (Å²) >= 11 is 0. The lowest BCUT2D eigenvalue weighted by atomic mass is 10.0. The van der Waals surface area contributed by atoms with Crippen LogP contribution in [0, 0.1) is 0 Å². The fraction of sp³-hybridized carbons (Fsp3) is 0.250. The third-order valence-electron chi connectivity index (χ3n) is 4.44. The zero-order valence-corrected chi connectivity index (χ0v) is 12.3. The topological polar surface area (TPSA) is 78.7 Å². The molecule has 3 heterocycles. The smallest absolute Gasteiger partial charge is 0.281 e. The molecule has 0 bridgehead atoms. The minimum Gasteiger partial charge on any atom is -0.380 e. The van der Waals surface area contributed by atoms with Crippen molar-refractivity contribution in [2.24, 2.45) is 5.73 Å². The molecule has 3 aliphatic heterocycles. The molecule has 0 spiro atoms. The SMILES string of the molecule is NC1C(=O)N(C=C2CNc3ccccc32)C2=C1C(=O)N(F)CC2. The van der Waals surface area contributed by atoms with Crippen LogP contribution in [0.1, 0.15) is 12.0 Å². The van der Waals surface area contributed by atoms with Crippen molar-refractivity contribution in [1.29, 1.82) is 0 Å². The molecule has 1 aromatic carbocycles. The highest BCUT2D eigenvalue weighted by Gasteiger charge is 2.44. The molecule has 23 heavy (non-hydrogen) atoms. The molecule has 118 valence electrons. The summed E-state index contributed by atoms with van der Waals surface area (Å²) in [5, 5.41) is 3.37. The molecule has 0 saturated heterocycles. The first-order valence-electron chi connectivity index (χ1n) is 7.41. The van der Waals surface area contributed by atoms with E-state index in [9.17, 15) is 14.1 Å². The van der Waals surface area contributed by atoms with Crippen LogP contribution in [-0.2, 0) is 9.59 Å². The molecular weight excluding hydrogens is 299 g/mol. The van der Waals surface area contributed by atoms with Gasteiger partial charge in [0.1, 0.15) is 6.04 Å². The lowest BCUT2D eigenvalue weighted by molar-refractivity contribution is -0.143. The lowest BCUT2D eigenvalue weighted by Crippen LogP contribution is -2.38. The van der Waals surface area contributed by atoms with Crippen LogP contribution >= 0.6 is 0 Å². The minimum absolute atomic E-state index is 0.0633. The molecule has 2 amide bonds. The molecule has 1 atom stereocenters. The second-order valence-corrected chi connectivity index (χ2v) is 5.74. The van der Waals surface area contributed by atoms with Crippen LogP contribution in [0.5, 0.6) is 0 Å². The Morgan fingerprint density at radius 1 is 1.30 bits per heavy atom. The Bertz CT molecular complexity index is 786. The van der Waals surface area contributed by atoms with Crippen LogP contribution in [0.4, 0.5) is 10.2 Å². The van der Waals surface area contributed by atoms with Crippen molar-refractivity contribution in [3.05, 3.63) is 47.3 Å². The van der Waals surface area contributed by atoms with Gasteiger partial charge in [0.15, 0.2) is 0 Å². The Morgan fingerprint density at radius 3 is 2.91 bits per heavy atom. The number of nitrogens with zero attached hydrogens (tertiary/aromatic N) is 2. The van der Waals surface area contributed by atoms with Gasteiger partial charge in [-0.2, -0.15) is 5.12 Å². The molecule has 3 N–H and O–H groups in total. The Morgan fingerprint density at radius 2 is 2.09 bits per heavy atom. The fourth-order valence-electron chi connectivity index (χ4n) is 3.28. The van der Waals surface area contributed by atoms with Crippen molar-refractivity contribution in [1.82, 2.24) is 10.0 Å². The monoisotopic (exact) mass is 314 g/mol. The molecule has 1 unspecified atom stereocenters. The Balaban J connectivity index is 1.76. The zero-order chi connectivity index (χ0) is 16.1. The number of nitrogens with one attached hydrogen (secondary N) is 1. The first-order chi connectivity index (χ1) is 11.1. The first kappa shape index (κ1) is 14.0. The van der Waals surface area contributed by atoms with Gasteiger partial charge in [0.25, 0.3) is 11.8 Å². The van der Waals surface area contributed by atoms with E-state index in [1.807, 2.05) is 24.3 Å². The second kappa shape index (κ2) is 4.92. The van der Waals surface area contributed by atoms with E-state index in [-0.39, 0.29) is 23.7 Å². The van der Waals surface area contributed by atoms with E-state index in [1.54, 1.807) is 6.20 Å². The van der Waals surface area contributed by atoms with Crippen molar-refractivity contribution < 1.29 is 14.1 Å². The maximum Gasteiger partial charge on any atom is 0.281 e. The van der Waals surface area contributed by atoms with Crippen molar-refractivity contribution in [2.75, 3.05) is 18.4 Å². The normalized spacial score (nSPS) is 25.1. The quantitative estimate of drug-likeness (QED) is 0.758. The molecule has 3 aliphatic rings. The average molecular weight is 314 g/mol. The standard InChI is InChI=1S/C16H15FN4O2/c17-21-6-5-12-13(15(21)22)14(18)16(23)20(12)8-9-7-19-11-4-2-1-3-10(9)11/h1-4,8,14,19H,5-7,18H2. The van der Waals surface area contributed by atoms with Gasteiger partial charge in [0.05, 0.1) is 12.1 Å². The van der Waals surface area contributed by atoms with Crippen molar-refractivity contribution in [3.63, 3.8) is 0 Å². The number of benzene rings is 1. The van der Waals surface area contributed by atoms with E-state index in [4.69, 9.17) is 5.73 Å². The number of anilines is 1. The first-order valence-corrected chi connectivity index (χ1v) is 7.41. The molecule has 0 fully saturated rings. The van der Waals surface area contributed by atoms with Crippen LogP contribution in [0.3, 0.4) is 0 Å². The van der Waals surface area contributed by atoms with Crippen molar-refractivity contribution >= 4 is 23.1 Å². The summed E-state index contributed by atoms with van der Waals surface area (Å²) in [6.45, 7) is 0.524. The molecular formula is C16H15FN4O2. The molecule has 7 heteroatoms. The van der Waals surface area contributed by atoms with Crippen LogP contribution < -0.4 is 11.1 Å². The minimum atomic E-state index is -1.10. The van der Waals surface area contributed by atoms with Gasteiger partial charge in [-0.15, -0.1) is 0 Å². The summed E-state index contributed by atoms with van der Waals surface area (Å²) in [5.74, 6) is -1.20. The summed E-state index contributed by atoms with van der Waals surface area (Å²) in [5.41, 5.74) is 9.36. The summed E-state index contributed by atoms with van der Waals surface area (Å²) in [4.78, 5) is 25.8. The van der Waals surface area contributed by atoms with Gasteiger partial charge in [0, 0.05) is 36.1 Å². The number of amides is 2. The predicted octanol–water partition coefficient (Wildman–Crippen LogP) is 0.993. The highest BCUT2D eigenvalue weighted by molar-refractivity contribution is 6.07. The number of fused-ring (bicyclic) bond motifs is 1. The highest BCUT2D eigenvalue weighted by atomic mass is 19.2. The van der Waals surface area contributed by atoms with Gasteiger partial charge in [-0.3, -0.25) is 14.5 Å². The number of carbonyl (C=O) groups is 2. The maximum atomic E-state index is 13.5. The Hall–Kier alpha value is -2.67. The van der Waals surface area contributed by atoms with E-state index in [0.717, 1.165) is 16.8 Å². The number of nitrogens with two attached hydrogens (primary N) is 1. The van der Waals surface area contributed by atoms with E-state index in [2.05, 4.69) is 5.32 Å². The van der Waals surface area contributed by atoms with Crippen molar-refractivity contribution in [2.45, 2.75) is 12.5 Å². The van der Waals surface area contributed by atoms with E-state index < -0.39 is 17.9 Å². The summed E-state index contributed by atoms with van der Waals surface area (Å²) in [6.07, 6.45) is 1.99. The number of rotatable bonds is 1. The van der Waals surface area contributed by atoms with E-state index >= 15 is 0 Å². The van der Waals surface area contributed by atoms with E-state index in [0.29, 0.717) is 12.2 Å². The fourth-order valence-corrected chi connectivity index (χ4v) is 3.28. The van der Waals surface area contributed by atoms with Gasteiger partial charge in [-0.25, -0.2) is 0 Å². The molecule has 0 aliphatic carbocycles. The van der Waals surface area contributed by atoms with E-state index in [1.165, 1.54) is 4.90 Å². The predicted molar refractivity (Wildman–Crippen MR) is 82.2 cm³/mol. The highest BCUT2D eigenvalue weighted by Crippen LogP contribution is 2.35. The zero-order valence-electron chi connectivity index (χ0n) is 12.3. The number of hydrogen-bond acceptors (Lipinski definition) is 4. The van der Waals surface area contributed by atoms with Gasteiger partial charge in [-0.1, -0.05) is 22.7 Å². The maximum absolute atomic E-state index is 13.5. The van der Waals surface area contributed by atoms with Gasteiger partial charge in [-0.05, 0) is 11.6 Å². The summed E-state index contributed by atoms with van der Waals surface area (Å²) < 4.78 is 13.5. The summed E-state index contributed by atoms with van der Waals surface area (Å²) in [7, 11) is 0. The molecule has 0 saturated carbocycles. The average Bonchev–Trinajstić information content (AvgIpc) is 3.06. The van der Waals surface area contributed by atoms with Crippen LogP contribution in [0.2, 0.25) is 0 Å². The second-order valence-electron chi connectivity index (χ2n) is 5.74. The number of para-hydroxylation sites is 1. The molecule has 0 aromatic heterocycles. The van der Waals surface area contributed by atoms with Gasteiger partial charge in [0.2, 0.25) is 0 Å². The Kier molecular flexibility index (Phi) is 2.99. The largest absolute Gasteiger partial charge is 0.380 e. The lowest BCUT2D eigenvalue weighted by Gasteiger charge is -2.23. The van der Waals surface area contributed by atoms with Crippen molar-refractivity contribution in [3.8, 4) is 0 Å². The third kappa shape index (κ3) is 1.97. The third-order valence-corrected chi connectivity index (χ3v) is 4.44. The molecule has 4 rings (SSSR count). The number of carbonyl (C=O) groups excluding carboxylic acids is 2. The molecule has 6 nitrogen and oxygen atoms in total. The van der Waals surface area contributed by atoms with Gasteiger partial charge >= 0.3 is 0 Å². The van der Waals surface area contributed by atoms with Crippen LogP contribution in [-0.4, -0.2) is 41.0 Å². The van der Waals surface area contributed by atoms with Crippen LogP contribution in [0.25, 0.3) is 5.57 Å². The molecule has 1 aromatic rings. The number of hydrogen-bond donors (Lipinski definition) is 2. The number of halogens is 1. The molecule has 0 radical (unpaired) electrons. The van der Waals surface area contributed by atoms with Gasteiger partial charge < -0.3 is 11.1 Å². The summed E-state index contributed by atoms with van der Waals surface area (Å²) in [6, 6.07) is 6.68. The van der Waals surface area contributed by atoms with Crippen LogP contribution in [0.15, 0.2) is 41.7 Å². The Labute approximate surface area is 132 Å².